The molecule has 2 aliphatic carbocycles. The maximum absolute atomic E-state index is 14.7. The van der Waals surface area contributed by atoms with Gasteiger partial charge in [0.1, 0.15) is 22.8 Å². The van der Waals surface area contributed by atoms with E-state index in [2.05, 4.69) is 24.5 Å². The SMILES string of the molecule is C.C.C[C@@H]1C[C@@H]2CSC(NC(=O)OC(C)(C)C)=N[C@]2(c2cc(N)ccc2F)C1.C[C@H]1C[C@H]2CSC(NC(=O)OC(C)(C)C)=N[C@@]2(c2cc(N)ccc2F)C1. The van der Waals surface area contributed by atoms with Crippen molar-refractivity contribution in [1.29, 1.82) is 0 Å². The summed E-state index contributed by atoms with van der Waals surface area (Å²) < 4.78 is 40.0. The fourth-order valence-corrected chi connectivity index (χ4v) is 10.1. The molecule has 300 valence electrons. The van der Waals surface area contributed by atoms with Gasteiger partial charge in [0.15, 0.2) is 10.3 Å². The number of hydrogen-bond donors (Lipinski definition) is 4. The van der Waals surface area contributed by atoms with E-state index in [0.717, 1.165) is 37.2 Å². The number of halogens is 2. The molecule has 0 spiro atoms. The van der Waals surface area contributed by atoms with Crippen molar-refractivity contribution in [3.8, 4) is 0 Å². The first kappa shape index (κ1) is 44.9. The molecular weight excluding hydrogens is 731 g/mol. The lowest BCUT2D eigenvalue weighted by Crippen LogP contribution is -2.42. The van der Waals surface area contributed by atoms with Crippen molar-refractivity contribution in [2.45, 2.75) is 118 Å². The van der Waals surface area contributed by atoms with Gasteiger partial charge in [0.05, 0.1) is 11.1 Å². The molecule has 6 rings (SSSR count). The molecule has 6 N–H and O–H groups in total. The van der Waals surface area contributed by atoms with E-state index in [4.69, 9.17) is 30.9 Å². The molecule has 2 aromatic carbocycles. The molecule has 2 saturated carbocycles. The minimum atomic E-state index is -0.686. The maximum atomic E-state index is 14.7. The zero-order chi connectivity index (χ0) is 38.2. The summed E-state index contributed by atoms with van der Waals surface area (Å²) in [7, 11) is 0. The van der Waals surface area contributed by atoms with Crippen LogP contribution in [0.2, 0.25) is 0 Å². The van der Waals surface area contributed by atoms with Crippen LogP contribution in [0.3, 0.4) is 0 Å². The van der Waals surface area contributed by atoms with Crippen LogP contribution in [0, 0.1) is 35.3 Å². The highest BCUT2D eigenvalue weighted by Gasteiger charge is 2.52. The van der Waals surface area contributed by atoms with Crippen LogP contribution in [0.15, 0.2) is 46.4 Å². The third-order valence-corrected chi connectivity index (χ3v) is 11.7. The first-order valence-corrected chi connectivity index (χ1v) is 19.7. The van der Waals surface area contributed by atoms with Crippen LogP contribution in [0.4, 0.5) is 29.7 Å². The summed E-state index contributed by atoms with van der Waals surface area (Å²) in [6.45, 7) is 15.2. The molecule has 2 aliphatic heterocycles. The number of hydrogen-bond acceptors (Lipinski definition) is 10. The Balaban J connectivity index is 0.000000280. The van der Waals surface area contributed by atoms with Gasteiger partial charge in [-0.1, -0.05) is 52.2 Å². The molecule has 0 unspecified atom stereocenters. The average molecular weight is 791 g/mol. The van der Waals surface area contributed by atoms with Crippen LogP contribution in [0.1, 0.15) is 107 Å². The number of nitrogens with one attached hydrogen (secondary N) is 2. The fourth-order valence-electron chi connectivity index (χ4n) is 7.83. The number of carbonyl (C=O) groups is 2. The molecule has 10 nitrogen and oxygen atoms in total. The standard InChI is InChI=1S/2C19H26FN3O2S.2CH4/c2*1-11-7-12-10-26-16(22-17(24)25-18(2,3)4)23-19(12,9-11)14-8-13(21)5-6-15(14)20;;/h2*5-6,8,11-12H,7,9-10,21H2,1-4H3,(H,22,23,24);2*1H4/t2*11-,12-,19-;;/m10../s1. The number of anilines is 2. The number of rotatable bonds is 2. The number of benzene rings is 2. The van der Waals surface area contributed by atoms with Crippen LogP contribution >= 0.6 is 23.5 Å². The fraction of sp³-hybridized carbons (Fsp3) is 0.600. The topological polar surface area (TPSA) is 153 Å². The quantitative estimate of drug-likeness (QED) is 0.219. The number of thioether (sulfide) groups is 2. The van der Waals surface area contributed by atoms with Crippen LogP contribution < -0.4 is 22.1 Å². The number of carbonyl (C=O) groups excluding carboxylic acids is 2. The van der Waals surface area contributed by atoms with Gasteiger partial charge in [0.2, 0.25) is 0 Å². The summed E-state index contributed by atoms with van der Waals surface area (Å²) >= 11 is 2.97. The predicted octanol–water partition coefficient (Wildman–Crippen LogP) is 9.83. The van der Waals surface area contributed by atoms with E-state index in [1.807, 2.05) is 0 Å². The number of nitrogens with two attached hydrogens (primary N) is 2. The number of fused-ring (bicyclic) bond motifs is 2. The van der Waals surface area contributed by atoms with Crippen LogP contribution in [0.25, 0.3) is 0 Å². The van der Waals surface area contributed by atoms with Gasteiger partial charge in [0.25, 0.3) is 0 Å². The van der Waals surface area contributed by atoms with E-state index < -0.39 is 34.5 Å². The number of amides is 2. The monoisotopic (exact) mass is 790 g/mol. The predicted molar refractivity (Wildman–Crippen MR) is 221 cm³/mol. The van der Waals surface area contributed by atoms with Gasteiger partial charge in [0, 0.05) is 34.0 Å². The molecule has 2 fully saturated rings. The lowest BCUT2D eigenvalue weighted by Gasteiger charge is -2.37. The third-order valence-electron chi connectivity index (χ3n) is 9.62. The van der Waals surface area contributed by atoms with Gasteiger partial charge in [-0.3, -0.25) is 20.6 Å². The van der Waals surface area contributed by atoms with Crippen LogP contribution in [-0.2, 0) is 20.6 Å². The number of alkyl carbamates (subject to hydrolysis) is 2. The summed E-state index contributed by atoms with van der Waals surface area (Å²) in [4.78, 5) is 33.9. The smallest absolute Gasteiger partial charge is 0.413 e. The summed E-state index contributed by atoms with van der Waals surface area (Å²) in [5.41, 5.74) is 11.4. The molecule has 2 amide bonds. The average Bonchev–Trinajstić information content (AvgIpc) is 3.53. The second-order valence-corrected chi connectivity index (χ2v) is 18.5. The van der Waals surface area contributed by atoms with Gasteiger partial charge in [-0.25, -0.2) is 18.4 Å². The number of nitrogens with zero attached hydrogens (tertiary/aromatic N) is 2. The Morgan fingerprint density at radius 2 is 1.07 bits per heavy atom. The van der Waals surface area contributed by atoms with Gasteiger partial charge in [-0.15, -0.1) is 0 Å². The molecule has 54 heavy (non-hydrogen) atoms. The summed E-state index contributed by atoms with van der Waals surface area (Å²) in [5.74, 6) is 2.21. The van der Waals surface area contributed by atoms with Crippen molar-refractivity contribution in [3.05, 3.63) is 59.2 Å². The van der Waals surface area contributed by atoms with E-state index in [1.54, 1.807) is 65.8 Å². The van der Waals surface area contributed by atoms with E-state index in [1.165, 1.54) is 35.7 Å². The molecular formula is C40H60F2N6O4S2. The zero-order valence-corrected chi connectivity index (χ0v) is 32.9. The van der Waals surface area contributed by atoms with Crippen molar-refractivity contribution >= 4 is 57.4 Å². The third kappa shape index (κ3) is 10.4. The molecule has 0 radical (unpaired) electrons. The first-order valence-electron chi connectivity index (χ1n) is 17.7. The molecule has 14 heteroatoms. The van der Waals surface area contributed by atoms with Gasteiger partial charge >= 0.3 is 12.2 Å². The number of aliphatic imine (C=N–C) groups is 2. The largest absolute Gasteiger partial charge is 0.444 e. The lowest BCUT2D eigenvalue weighted by atomic mass is 9.81. The van der Waals surface area contributed by atoms with Gasteiger partial charge in [-0.05, 0) is 127 Å². The van der Waals surface area contributed by atoms with E-state index in [9.17, 15) is 18.4 Å². The molecule has 2 heterocycles. The molecule has 0 saturated heterocycles. The number of nitrogen functional groups attached to an aromatic ring is 2. The highest BCUT2D eigenvalue weighted by atomic mass is 32.2. The van der Waals surface area contributed by atoms with Gasteiger partial charge < -0.3 is 20.9 Å². The highest BCUT2D eigenvalue weighted by molar-refractivity contribution is 8.14. The highest BCUT2D eigenvalue weighted by Crippen LogP contribution is 2.55. The second kappa shape index (κ2) is 17.1. The van der Waals surface area contributed by atoms with Crippen molar-refractivity contribution in [2.24, 2.45) is 33.7 Å². The van der Waals surface area contributed by atoms with Crippen LogP contribution in [-0.4, -0.2) is 45.2 Å². The van der Waals surface area contributed by atoms with E-state index in [0.29, 0.717) is 44.7 Å². The van der Waals surface area contributed by atoms with E-state index >= 15 is 0 Å². The second-order valence-electron chi connectivity index (χ2n) is 16.5. The maximum Gasteiger partial charge on any atom is 0.413 e. The summed E-state index contributed by atoms with van der Waals surface area (Å²) in [5, 5.41) is 6.42. The molecule has 2 aromatic rings. The Bertz CT molecular complexity index is 1620. The lowest BCUT2D eigenvalue weighted by molar-refractivity contribution is 0.0552. The zero-order valence-electron chi connectivity index (χ0n) is 31.3. The minimum Gasteiger partial charge on any atom is -0.444 e. The normalized spacial score (nSPS) is 27.2. The Hall–Kier alpha value is -3.52. The Morgan fingerprint density at radius 3 is 1.41 bits per heavy atom. The number of ether oxygens (including phenoxy) is 2. The molecule has 0 bridgehead atoms. The van der Waals surface area contributed by atoms with Crippen molar-refractivity contribution in [3.63, 3.8) is 0 Å². The van der Waals surface area contributed by atoms with Crippen LogP contribution in [0.5, 0.6) is 0 Å². The Labute approximate surface area is 328 Å². The Morgan fingerprint density at radius 1 is 0.722 bits per heavy atom. The first-order chi connectivity index (χ1) is 24.2. The summed E-state index contributed by atoms with van der Waals surface area (Å²) in [6, 6.07) is 9.29. The minimum absolute atomic E-state index is 0. The van der Waals surface area contributed by atoms with Gasteiger partial charge in [-0.2, -0.15) is 0 Å². The van der Waals surface area contributed by atoms with Crippen molar-refractivity contribution in [1.82, 2.24) is 10.6 Å². The van der Waals surface area contributed by atoms with Crippen molar-refractivity contribution in [2.75, 3.05) is 23.0 Å². The Kier molecular flexibility index (Phi) is 14.2. The molecule has 0 aromatic heterocycles. The molecule has 6 atom stereocenters. The molecule has 4 aliphatic rings. The van der Waals surface area contributed by atoms with E-state index in [-0.39, 0.29) is 38.3 Å². The summed E-state index contributed by atoms with van der Waals surface area (Å²) in [6.07, 6.45) is 2.33. The van der Waals surface area contributed by atoms with Crippen molar-refractivity contribution < 1.29 is 27.8 Å². The number of amidine groups is 2.